The summed E-state index contributed by atoms with van der Waals surface area (Å²) in [5.74, 6) is -0.687. The molecule has 0 aromatic rings. The number of rotatable bonds is 5. The van der Waals surface area contributed by atoms with Crippen molar-refractivity contribution in [1.29, 1.82) is 0 Å². The molecule has 0 rings (SSSR count). The maximum Gasteiger partial charge on any atom is 0.306 e. The summed E-state index contributed by atoms with van der Waals surface area (Å²) in [6, 6.07) is 0. The fraction of sp³-hybridized carbons (Fsp3) is 0.875. The van der Waals surface area contributed by atoms with Gasteiger partial charge >= 0.3 is 5.97 Å². The van der Waals surface area contributed by atoms with Crippen LogP contribution in [-0.4, -0.2) is 56.5 Å². The Morgan fingerprint density at radius 3 is 2.13 bits per heavy atom. The van der Waals surface area contributed by atoms with Crippen LogP contribution in [0.15, 0.2) is 0 Å². The molecule has 0 aromatic carbocycles. The molecule has 1 atom stereocenters. The Labute approximate surface area is 90.2 Å². The maximum atomic E-state index is 10.9. The molecule has 0 aromatic heterocycles. The fourth-order valence-corrected chi connectivity index (χ4v) is 1.72. The van der Waals surface area contributed by atoms with Crippen LogP contribution in [0.1, 0.15) is 13.3 Å². The lowest BCUT2D eigenvalue weighted by Crippen LogP contribution is -2.46. The summed E-state index contributed by atoms with van der Waals surface area (Å²) in [5, 5.41) is 0. The van der Waals surface area contributed by atoms with Gasteiger partial charge < -0.3 is 13.8 Å². The highest BCUT2D eigenvalue weighted by Crippen LogP contribution is 2.07. The number of carbonyl (C=O) groups is 1. The third-order valence-corrected chi connectivity index (χ3v) is 2.46. The normalized spacial score (nSPS) is 14.7. The molecule has 0 aliphatic carbocycles. The van der Waals surface area contributed by atoms with E-state index in [0.717, 1.165) is 0 Å². The van der Waals surface area contributed by atoms with Gasteiger partial charge in [0.1, 0.15) is 16.7 Å². The topological polar surface area (TPSA) is 83.5 Å². The molecule has 0 bridgehead atoms. The number of hydrogen-bond acceptors (Lipinski definition) is 5. The molecule has 0 heterocycles. The van der Waals surface area contributed by atoms with Crippen LogP contribution < -0.4 is 0 Å². The van der Waals surface area contributed by atoms with Crippen molar-refractivity contribution < 1.29 is 27.0 Å². The second-order valence-corrected chi connectivity index (χ2v) is 5.75. The molecular formula is C8H17NO5S. The SMILES string of the molecule is CCC(=O)OC(C[N+](C)(C)C)S(=O)(=O)[O-]. The van der Waals surface area contributed by atoms with Crippen molar-refractivity contribution in [1.82, 2.24) is 0 Å². The van der Waals surface area contributed by atoms with Crippen LogP contribution >= 0.6 is 0 Å². The lowest BCUT2D eigenvalue weighted by atomic mass is 10.5. The summed E-state index contributed by atoms with van der Waals surface area (Å²) in [4.78, 5) is 10.9. The molecule has 0 aliphatic rings. The van der Waals surface area contributed by atoms with E-state index in [-0.39, 0.29) is 17.4 Å². The monoisotopic (exact) mass is 239 g/mol. The molecule has 0 saturated heterocycles. The number of carbonyl (C=O) groups excluding carboxylic acids is 1. The van der Waals surface area contributed by atoms with Gasteiger partial charge in [0.05, 0.1) is 21.1 Å². The maximum absolute atomic E-state index is 10.9. The summed E-state index contributed by atoms with van der Waals surface area (Å²) in [5.41, 5.74) is -1.61. The van der Waals surface area contributed by atoms with E-state index in [0.29, 0.717) is 0 Å². The average Bonchev–Trinajstić information content (AvgIpc) is 1.98. The number of hydrogen-bond donors (Lipinski definition) is 0. The quantitative estimate of drug-likeness (QED) is 0.367. The Balaban J connectivity index is 4.70. The largest absolute Gasteiger partial charge is 0.745 e. The van der Waals surface area contributed by atoms with Crippen LogP contribution in [0.3, 0.4) is 0 Å². The molecule has 0 saturated carbocycles. The van der Waals surface area contributed by atoms with Gasteiger partial charge in [0, 0.05) is 6.42 Å². The van der Waals surface area contributed by atoms with E-state index in [9.17, 15) is 17.8 Å². The average molecular weight is 239 g/mol. The van der Waals surface area contributed by atoms with Crippen LogP contribution in [0.4, 0.5) is 0 Å². The standard InChI is InChI=1S/C8H17NO5S/c1-5-7(10)14-8(15(11,12)13)6-9(2,3)4/h8H,5-6H2,1-4H3. The third-order valence-electron chi connectivity index (χ3n) is 1.57. The van der Waals surface area contributed by atoms with Gasteiger partial charge in [0.2, 0.25) is 5.44 Å². The van der Waals surface area contributed by atoms with Crippen molar-refractivity contribution in [2.75, 3.05) is 27.7 Å². The zero-order valence-electron chi connectivity index (χ0n) is 9.39. The predicted molar refractivity (Wildman–Crippen MR) is 52.8 cm³/mol. The molecule has 0 fully saturated rings. The van der Waals surface area contributed by atoms with Gasteiger partial charge in [0.25, 0.3) is 0 Å². The molecule has 15 heavy (non-hydrogen) atoms. The van der Waals surface area contributed by atoms with Crippen molar-refractivity contribution in [3.8, 4) is 0 Å². The summed E-state index contributed by atoms with van der Waals surface area (Å²) in [6.45, 7) is 1.47. The van der Waals surface area contributed by atoms with Crippen molar-refractivity contribution in [2.24, 2.45) is 0 Å². The number of nitrogens with zero attached hydrogens (tertiary/aromatic N) is 1. The van der Waals surface area contributed by atoms with Gasteiger partial charge in [-0.05, 0) is 0 Å². The Morgan fingerprint density at radius 1 is 1.40 bits per heavy atom. The minimum Gasteiger partial charge on any atom is -0.745 e. The van der Waals surface area contributed by atoms with Crippen molar-refractivity contribution in [3.05, 3.63) is 0 Å². The van der Waals surface area contributed by atoms with Crippen LogP contribution in [-0.2, 0) is 19.6 Å². The Kier molecular flexibility index (Phi) is 4.69. The Hall–Kier alpha value is -0.660. The first kappa shape index (κ1) is 14.3. The van der Waals surface area contributed by atoms with E-state index in [1.165, 1.54) is 6.92 Å². The van der Waals surface area contributed by atoms with E-state index >= 15 is 0 Å². The fourth-order valence-electron chi connectivity index (χ4n) is 0.865. The second kappa shape index (κ2) is 4.91. The Bertz CT molecular complexity index is 316. The number of likely N-dealkylation sites (N-methyl/N-ethyl adjacent to an activating group) is 1. The highest BCUT2D eigenvalue weighted by Gasteiger charge is 2.27. The van der Waals surface area contributed by atoms with Crippen LogP contribution in [0, 0.1) is 0 Å². The van der Waals surface area contributed by atoms with Gasteiger partial charge in [0.15, 0.2) is 0 Å². The Morgan fingerprint density at radius 2 is 1.87 bits per heavy atom. The van der Waals surface area contributed by atoms with Crippen molar-refractivity contribution in [2.45, 2.75) is 18.8 Å². The lowest BCUT2D eigenvalue weighted by Gasteiger charge is -2.29. The van der Waals surface area contributed by atoms with Gasteiger partial charge in [-0.25, -0.2) is 8.42 Å². The lowest BCUT2D eigenvalue weighted by molar-refractivity contribution is -0.871. The van der Waals surface area contributed by atoms with Crippen LogP contribution in [0.5, 0.6) is 0 Å². The summed E-state index contributed by atoms with van der Waals surface area (Å²) >= 11 is 0. The minimum atomic E-state index is -4.61. The first-order valence-corrected chi connectivity index (χ1v) is 5.98. The molecule has 0 spiro atoms. The zero-order chi connectivity index (χ0) is 12.3. The smallest absolute Gasteiger partial charge is 0.306 e. The van der Waals surface area contributed by atoms with E-state index in [4.69, 9.17) is 0 Å². The predicted octanol–water partition coefficient (Wildman–Crippen LogP) is -0.483. The van der Waals surface area contributed by atoms with E-state index < -0.39 is 21.5 Å². The molecule has 6 nitrogen and oxygen atoms in total. The molecule has 0 radical (unpaired) electrons. The molecule has 90 valence electrons. The van der Waals surface area contributed by atoms with E-state index in [2.05, 4.69) is 4.74 Å². The van der Waals surface area contributed by atoms with Crippen molar-refractivity contribution >= 4 is 16.1 Å². The van der Waals surface area contributed by atoms with Gasteiger partial charge in [-0.1, -0.05) is 6.92 Å². The first-order chi connectivity index (χ1) is 6.56. The molecule has 0 amide bonds. The highest BCUT2D eigenvalue weighted by atomic mass is 32.2. The first-order valence-electron chi connectivity index (χ1n) is 4.51. The van der Waals surface area contributed by atoms with Crippen molar-refractivity contribution in [3.63, 3.8) is 0 Å². The van der Waals surface area contributed by atoms with Crippen LogP contribution in [0.2, 0.25) is 0 Å². The van der Waals surface area contributed by atoms with Crippen LogP contribution in [0.25, 0.3) is 0 Å². The molecule has 1 unspecified atom stereocenters. The highest BCUT2D eigenvalue weighted by molar-refractivity contribution is 7.86. The second-order valence-electron chi connectivity index (χ2n) is 4.24. The number of quaternary nitrogens is 1. The van der Waals surface area contributed by atoms with E-state index in [1.807, 2.05) is 0 Å². The number of esters is 1. The van der Waals surface area contributed by atoms with Gasteiger partial charge in [-0.3, -0.25) is 4.79 Å². The van der Waals surface area contributed by atoms with Gasteiger partial charge in [-0.2, -0.15) is 0 Å². The summed E-state index contributed by atoms with van der Waals surface area (Å²) in [7, 11) is 0.507. The minimum absolute atomic E-state index is 0.0448. The molecule has 0 N–H and O–H groups in total. The molecule has 0 aliphatic heterocycles. The third kappa shape index (κ3) is 6.43. The summed E-state index contributed by atoms with van der Waals surface area (Å²) < 4.78 is 37.3. The molecule has 7 heteroatoms. The van der Waals surface area contributed by atoms with Gasteiger partial charge in [-0.15, -0.1) is 0 Å². The number of ether oxygens (including phenoxy) is 1. The molecular weight excluding hydrogens is 222 g/mol. The zero-order valence-corrected chi connectivity index (χ0v) is 10.2. The summed E-state index contributed by atoms with van der Waals surface area (Å²) in [6.07, 6.45) is 0.0448. The van der Waals surface area contributed by atoms with E-state index in [1.54, 1.807) is 21.1 Å².